The van der Waals surface area contributed by atoms with Crippen molar-refractivity contribution in [2.75, 3.05) is 16.8 Å². The first-order chi connectivity index (χ1) is 15.9. The summed E-state index contributed by atoms with van der Waals surface area (Å²) in [6.07, 6.45) is 0.876. The number of carbonyl (C=O) groups excluding carboxylic acids is 2. The van der Waals surface area contributed by atoms with Crippen LogP contribution < -0.4 is 15.0 Å². The normalized spacial score (nSPS) is 13.6. The number of imide groups is 1. The Morgan fingerprint density at radius 3 is 2.30 bits per heavy atom. The molecule has 0 bridgehead atoms. The van der Waals surface area contributed by atoms with Crippen LogP contribution >= 0.6 is 11.6 Å². The summed E-state index contributed by atoms with van der Waals surface area (Å²) in [4.78, 5) is 27.9. The Morgan fingerprint density at radius 1 is 0.970 bits per heavy atom. The van der Waals surface area contributed by atoms with Gasteiger partial charge in [-0.3, -0.25) is 9.59 Å². The molecule has 0 aromatic heterocycles. The highest BCUT2D eigenvalue weighted by molar-refractivity contribution is 6.46. The van der Waals surface area contributed by atoms with Gasteiger partial charge in [0.25, 0.3) is 11.8 Å². The van der Waals surface area contributed by atoms with Crippen LogP contribution in [0.15, 0.2) is 72.4 Å². The molecule has 2 amide bonds. The third-order valence-electron chi connectivity index (χ3n) is 5.23. The molecular weight excluding hydrogens is 443 g/mol. The Hall–Kier alpha value is -3.64. The molecule has 3 aromatic rings. The van der Waals surface area contributed by atoms with Crippen molar-refractivity contribution in [3.05, 3.63) is 94.4 Å². The number of nitrogens with zero attached hydrogens (tertiary/aromatic N) is 1. The molecule has 4 rings (SSSR count). The number of aryl methyl sites for hydroxylation is 1. The molecule has 0 aliphatic carbocycles. The standard InChI is InChI=1S/C26H22ClFN2O3/c1-3-14-33-21-11-4-17(5-12-21)23-24(29-22-13-6-18(27)15-16(22)2)26(32)30(25(23)31)20-9-7-19(28)8-10-20/h4-13,15,29H,3,14H2,1-2H3. The Bertz CT molecular complexity index is 1240. The Kier molecular flexibility index (Phi) is 6.47. The molecule has 0 saturated carbocycles. The third-order valence-corrected chi connectivity index (χ3v) is 5.47. The molecule has 3 aromatic carbocycles. The molecule has 5 nitrogen and oxygen atoms in total. The zero-order chi connectivity index (χ0) is 23.5. The lowest BCUT2D eigenvalue weighted by molar-refractivity contribution is -0.120. The summed E-state index contributed by atoms with van der Waals surface area (Å²) in [6, 6.07) is 17.5. The Morgan fingerprint density at radius 2 is 1.67 bits per heavy atom. The summed E-state index contributed by atoms with van der Waals surface area (Å²) in [7, 11) is 0. The number of amides is 2. The van der Waals surface area contributed by atoms with Crippen LogP contribution in [-0.2, 0) is 9.59 Å². The van der Waals surface area contributed by atoms with E-state index in [9.17, 15) is 14.0 Å². The third kappa shape index (κ3) is 4.61. The number of carbonyl (C=O) groups is 2. The fraction of sp³-hybridized carbons (Fsp3) is 0.154. The van der Waals surface area contributed by atoms with Crippen molar-refractivity contribution < 1.29 is 18.7 Å². The number of halogens is 2. The van der Waals surface area contributed by atoms with E-state index < -0.39 is 17.6 Å². The molecule has 1 N–H and O–H groups in total. The lowest BCUT2D eigenvalue weighted by atomic mass is 10.0. The Labute approximate surface area is 196 Å². The summed E-state index contributed by atoms with van der Waals surface area (Å²) < 4.78 is 19.1. The van der Waals surface area contributed by atoms with Gasteiger partial charge in [-0.05, 0) is 79.1 Å². The molecule has 0 saturated heterocycles. The summed E-state index contributed by atoms with van der Waals surface area (Å²) in [5.74, 6) is -0.800. The second-order valence-corrected chi connectivity index (χ2v) is 8.07. The topological polar surface area (TPSA) is 58.6 Å². The van der Waals surface area contributed by atoms with Gasteiger partial charge in [0.2, 0.25) is 0 Å². The minimum Gasteiger partial charge on any atom is -0.494 e. The summed E-state index contributed by atoms with van der Waals surface area (Å²) in [5.41, 5.74) is 2.68. The van der Waals surface area contributed by atoms with Gasteiger partial charge in [0.15, 0.2) is 0 Å². The highest BCUT2D eigenvalue weighted by Gasteiger charge is 2.40. The number of benzene rings is 3. The SMILES string of the molecule is CCCOc1ccc(C2=C(Nc3ccc(Cl)cc3C)C(=O)N(c3ccc(F)cc3)C2=O)cc1. The zero-order valence-corrected chi connectivity index (χ0v) is 18.9. The van der Waals surface area contributed by atoms with Crippen LogP contribution in [0.4, 0.5) is 15.8 Å². The molecule has 33 heavy (non-hydrogen) atoms. The van der Waals surface area contributed by atoms with Gasteiger partial charge < -0.3 is 10.1 Å². The van der Waals surface area contributed by atoms with Crippen molar-refractivity contribution in [1.29, 1.82) is 0 Å². The van der Waals surface area contributed by atoms with E-state index >= 15 is 0 Å². The average molecular weight is 465 g/mol. The van der Waals surface area contributed by atoms with Gasteiger partial charge >= 0.3 is 0 Å². The van der Waals surface area contributed by atoms with E-state index in [2.05, 4.69) is 5.32 Å². The van der Waals surface area contributed by atoms with Gasteiger partial charge in [-0.2, -0.15) is 0 Å². The second kappa shape index (κ2) is 9.46. The molecule has 0 fully saturated rings. The van der Waals surface area contributed by atoms with Crippen LogP contribution in [0.1, 0.15) is 24.5 Å². The molecule has 0 spiro atoms. The summed E-state index contributed by atoms with van der Waals surface area (Å²) in [5, 5.41) is 3.70. The van der Waals surface area contributed by atoms with Crippen LogP contribution in [0.3, 0.4) is 0 Å². The van der Waals surface area contributed by atoms with Crippen LogP contribution in [0.5, 0.6) is 5.75 Å². The van der Waals surface area contributed by atoms with Crippen molar-refractivity contribution in [3.63, 3.8) is 0 Å². The van der Waals surface area contributed by atoms with E-state index in [1.54, 1.807) is 42.5 Å². The summed E-state index contributed by atoms with van der Waals surface area (Å²) in [6.45, 7) is 4.45. The quantitative estimate of drug-likeness (QED) is 0.437. The molecule has 1 aliphatic rings. The number of rotatable bonds is 7. The van der Waals surface area contributed by atoms with Gasteiger partial charge in [-0.1, -0.05) is 30.7 Å². The summed E-state index contributed by atoms with van der Waals surface area (Å²) >= 11 is 6.07. The van der Waals surface area contributed by atoms with E-state index in [0.717, 1.165) is 16.9 Å². The second-order valence-electron chi connectivity index (χ2n) is 7.63. The first-order valence-electron chi connectivity index (χ1n) is 10.5. The van der Waals surface area contributed by atoms with Crippen molar-refractivity contribution in [2.45, 2.75) is 20.3 Å². The van der Waals surface area contributed by atoms with Gasteiger partial charge in [0.05, 0.1) is 17.9 Å². The first-order valence-corrected chi connectivity index (χ1v) is 10.9. The van der Waals surface area contributed by atoms with Crippen molar-refractivity contribution in [2.24, 2.45) is 0 Å². The van der Waals surface area contributed by atoms with Crippen molar-refractivity contribution in [1.82, 2.24) is 0 Å². The minimum absolute atomic E-state index is 0.136. The van der Waals surface area contributed by atoms with Crippen LogP contribution in [-0.4, -0.2) is 18.4 Å². The lowest BCUT2D eigenvalue weighted by Gasteiger charge is -2.15. The van der Waals surface area contributed by atoms with E-state index in [0.29, 0.717) is 28.6 Å². The minimum atomic E-state index is -0.526. The first kappa shape index (κ1) is 22.6. The maximum atomic E-state index is 13.5. The molecule has 7 heteroatoms. The number of hydrogen-bond acceptors (Lipinski definition) is 4. The number of anilines is 2. The van der Waals surface area contributed by atoms with Gasteiger partial charge in [0.1, 0.15) is 17.3 Å². The van der Waals surface area contributed by atoms with E-state index in [-0.39, 0.29) is 17.0 Å². The van der Waals surface area contributed by atoms with Gasteiger partial charge in [-0.15, -0.1) is 0 Å². The highest BCUT2D eigenvalue weighted by Crippen LogP contribution is 2.35. The zero-order valence-electron chi connectivity index (χ0n) is 18.2. The largest absolute Gasteiger partial charge is 0.494 e. The Balaban J connectivity index is 1.77. The maximum Gasteiger partial charge on any atom is 0.282 e. The number of ether oxygens (including phenoxy) is 1. The van der Waals surface area contributed by atoms with Crippen LogP contribution in [0.2, 0.25) is 5.02 Å². The molecule has 1 heterocycles. The molecule has 1 aliphatic heterocycles. The molecule has 0 radical (unpaired) electrons. The predicted octanol–water partition coefficient (Wildman–Crippen LogP) is 5.97. The molecule has 0 atom stereocenters. The number of nitrogens with one attached hydrogen (secondary N) is 1. The van der Waals surface area contributed by atoms with E-state index in [1.165, 1.54) is 24.3 Å². The maximum absolute atomic E-state index is 13.5. The molecule has 168 valence electrons. The number of hydrogen-bond donors (Lipinski definition) is 1. The smallest absolute Gasteiger partial charge is 0.282 e. The molecule has 0 unspecified atom stereocenters. The van der Waals surface area contributed by atoms with Crippen LogP contribution in [0, 0.1) is 12.7 Å². The fourth-order valence-corrected chi connectivity index (χ4v) is 3.80. The predicted molar refractivity (Wildman–Crippen MR) is 128 cm³/mol. The fourth-order valence-electron chi connectivity index (χ4n) is 3.58. The van der Waals surface area contributed by atoms with Crippen LogP contribution in [0.25, 0.3) is 5.57 Å². The average Bonchev–Trinajstić information content (AvgIpc) is 3.04. The van der Waals surface area contributed by atoms with Crippen molar-refractivity contribution in [3.8, 4) is 5.75 Å². The monoisotopic (exact) mass is 464 g/mol. The van der Waals surface area contributed by atoms with E-state index in [4.69, 9.17) is 16.3 Å². The van der Waals surface area contributed by atoms with Gasteiger partial charge in [0, 0.05) is 10.7 Å². The molecular formula is C26H22ClFN2O3. The van der Waals surface area contributed by atoms with E-state index in [1.807, 2.05) is 13.8 Å². The lowest BCUT2D eigenvalue weighted by Crippen LogP contribution is -2.32. The highest BCUT2D eigenvalue weighted by atomic mass is 35.5. The van der Waals surface area contributed by atoms with Gasteiger partial charge in [-0.25, -0.2) is 9.29 Å². The van der Waals surface area contributed by atoms with Crippen molar-refractivity contribution >= 4 is 40.4 Å².